The van der Waals surface area contributed by atoms with Crippen LogP contribution < -0.4 is 4.74 Å². The molecule has 0 amide bonds. The molecule has 322 valence electrons. The van der Waals surface area contributed by atoms with Gasteiger partial charge in [0.05, 0.1) is 32.4 Å². The first-order valence-corrected chi connectivity index (χ1v) is 21.7. The van der Waals surface area contributed by atoms with Crippen molar-refractivity contribution in [3.63, 3.8) is 0 Å². The lowest BCUT2D eigenvalue weighted by Crippen LogP contribution is -2.00. The Labute approximate surface area is 370 Å². The normalized spacial score (nSPS) is 11.7. The van der Waals surface area contributed by atoms with E-state index in [9.17, 15) is 4.39 Å². The second kappa shape index (κ2) is 22.5. The number of benzene rings is 4. The molecule has 0 bridgehead atoms. The van der Waals surface area contributed by atoms with Crippen molar-refractivity contribution in [2.24, 2.45) is 0 Å². The Balaban J connectivity index is 0.000000138. The number of nitrogens with one attached hydrogen (secondary N) is 4. The monoisotopic (exact) mass is 852 g/mol. The highest BCUT2D eigenvalue weighted by Gasteiger charge is 2.26. The highest BCUT2D eigenvalue weighted by molar-refractivity contribution is 6.31. The van der Waals surface area contributed by atoms with E-state index in [2.05, 4.69) is 117 Å². The van der Waals surface area contributed by atoms with E-state index >= 15 is 0 Å². The third kappa shape index (κ3) is 12.4. The number of hydrogen-bond donors (Lipinski definition) is 4. The van der Waals surface area contributed by atoms with Crippen LogP contribution in [-0.2, 0) is 38.5 Å². The third-order valence-corrected chi connectivity index (χ3v) is 11.8. The van der Waals surface area contributed by atoms with Crippen LogP contribution in [0.1, 0.15) is 111 Å². The fourth-order valence-electron chi connectivity index (χ4n) is 7.59. The van der Waals surface area contributed by atoms with Crippen LogP contribution in [0.15, 0.2) is 117 Å². The molecule has 4 N–H and O–H groups in total. The Morgan fingerprint density at radius 3 is 1.58 bits per heavy atom. The highest BCUT2D eigenvalue weighted by Crippen LogP contribution is 2.43. The van der Waals surface area contributed by atoms with Crippen LogP contribution in [-0.4, -0.2) is 47.0 Å². The summed E-state index contributed by atoms with van der Waals surface area (Å²) in [5, 5.41) is 0.444. The summed E-state index contributed by atoms with van der Waals surface area (Å²) in [6, 6.07) is 22.1. The molecule has 4 aromatic heterocycles. The lowest BCUT2D eigenvalue weighted by atomic mass is 9.93. The first kappa shape index (κ1) is 45.3. The van der Waals surface area contributed by atoms with Gasteiger partial charge in [-0.2, -0.15) is 0 Å². The van der Waals surface area contributed by atoms with Gasteiger partial charge in [0.1, 0.15) is 11.6 Å². The van der Waals surface area contributed by atoms with Crippen molar-refractivity contribution in [1.82, 2.24) is 39.9 Å². The first-order chi connectivity index (χ1) is 30.2. The van der Waals surface area contributed by atoms with Crippen LogP contribution in [0.5, 0.6) is 5.75 Å². The molecule has 1 aliphatic rings. The molecular weight excluding hydrogens is 795 g/mol. The number of halogens is 2. The smallest absolute Gasteiger partial charge is 0.128 e. The van der Waals surface area contributed by atoms with E-state index in [1.54, 1.807) is 56.3 Å². The number of hydrogen-bond acceptors (Lipinski definition) is 5. The minimum atomic E-state index is -0.285. The SMILES string of the molecule is CCc1cccc(C)c1Cc1cnc[nH]1.CCc1cccc(C2CC2)c1Cc1cnc[nH]1.COc1ccc(Cc2cnc[nH]2)c(C)c1C.Fc1cccc(Cl)c1Cc1cnc[nH]1. The van der Waals surface area contributed by atoms with E-state index in [-0.39, 0.29) is 5.82 Å². The van der Waals surface area contributed by atoms with Gasteiger partial charge >= 0.3 is 0 Å². The third-order valence-electron chi connectivity index (χ3n) is 11.4. The largest absolute Gasteiger partial charge is 0.496 e. The molecule has 9 rings (SSSR count). The molecule has 0 aliphatic heterocycles. The predicted octanol–water partition coefficient (Wildman–Crippen LogP) is 11.7. The average Bonchev–Trinajstić information content (AvgIpc) is 3.83. The van der Waals surface area contributed by atoms with Crippen LogP contribution in [0.4, 0.5) is 4.39 Å². The second-order valence-corrected chi connectivity index (χ2v) is 16.0. The molecule has 0 radical (unpaired) electrons. The molecule has 1 fully saturated rings. The molecule has 11 heteroatoms. The summed E-state index contributed by atoms with van der Waals surface area (Å²) in [7, 11) is 1.70. The maximum absolute atomic E-state index is 13.3. The zero-order chi connectivity index (χ0) is 43.8. The summed E-state index contributed by atoms with van der Waals surface area (Å²) >= 11 is 5.87. The number of aromatic amines is 4. The second-order valence-electron chi connectivity index (χ2n) is 15.6. The molecule has 0 unspecified atom stereocenters. The van der Waals surface area contributed by atoms with Crippen molar-refractivity contribution in [3.05, 3.63) is 206 Å². The van der Waals surface area contributed by atoms with Gasteiger partial charge in [-0.1, -0.05) is 74.0 Å². The van der Waals surface area contributed by atoms with Crippen LogP contribution in [0.2, 0.25) is 5.02 Å². The Morgan fingerprint density at radius 2 is 1.08 bits per heavy atom. The van der Waals surface area contributed by atoms with Gasteiger partial charge in [-0.25, -0.2) is 24.3 Å². The van der Waals surface area contributed by atoms with Gasteiger partial charge in [-0.3, -0.25) is 0 Å². The lowest BCUT2D eigenvalue weighted by Gasteiger charge is -2.12. The number of aryl methyl sites for hydroxylation is 3. The molecule has 9 nitrogen and oxygen atoms in total. The number of rotatable bonds is 12. The van der Waals surface area contributed by atoms with Crippen LogP contribution in [0.25, 0.3) is 0 Å². The van der Waals surface area contributed by atoms with Crippen LogP contribution in [0, 0.1) is 26.6 Å². The zero-order valence-corrected chi connectivity index (χ0v) is 37.4. The summed E-state index contributed by atoms with van der Waals surface area (Å²) < 4.78 is 18.6. The molecule has 0 atom stereocenters. The van der Waals surface area contributed by atoms with E-state index in [1.165, 1.54) is 74.8 Å². The minimum Gasteiger partial charge on any atom is -0.496 e. The Bertz CT molecular complexity index is 2530. The molecule has 4 heterocycles. The molecule has 62 heavy (non-hydrogen) atoms. The summed E-state index contributed by atoms with van der Waals surface area (Å²) in [5.74, 6) is 1.48. The molecule has 8 aromatic rings. The summed E-state index contributed by atoms with van der Waals surface area (Å²) in [4.78, 5) is 28.4. The van der Waals surface area contributed by atoms with E-state index in [0.717, 1.165) is 55.2 Å². The molecule has 1 saturated carbocycles. The van der Waals surface area contributed by atoms with Gasteiger partial charge < -0.3 is 24.7 Å². The van der Waals surface area contributed by atoms with Gasteiger partial charge in [0.25, 0.3) is 0 Å². The summed E-state index contributed by atoms with van der Waals surface area (Å²) in [5.41, 5.74) is 17.5. The van der Waals surface area contributed by atoms with Crippen LogP contribution in [0.3, 0.4) is 0 Å². The predicted molar refractivity (Wildman–Crippen MR) is 248 cm³/mol. The summed E-state index contributed by atoms with van der Waals surface area (Å²) in [6.07, 6.45) is 22.3. The number of H-pyrrole nitrogens is 4. The highest BCUT2D eigenvalue weighted by atomic mass is 35.5. The van der Waals surface area contributed by atoms with Gasteiger partial charge in [-0.05, 0) is 121 Å². The van der Waals surface area contributed by atoms with Crippen molar-refractivity contribution in [2.75, 3.05) is 7.11 Å². The molecular formula is C51H58ClFN8O. The van der Waals surface area contributed by atoms with Gasteiger partial charge in [0.2, 0.25) is 0 Å². The van der Waals surface area contributed by atoms with Crippen molar-refractivity contribution < 1.29 is 9.13 Å². The molecule has 4 aromatic carbocycles. The quantitative estimate of drug-likeness (QED) is 0.0974. The number of methoxy groups -OCH3 is 1. The van der Waals surface area contributed by atoms with Crippen molar-refractivity contribution in [3.8, 4) is 5.75 Å². The minimum absolute atomic E-state index is 0.285. The zero-order valence-electron chi connectivity index (χ0n) is 36.7. The number of aromatic nitrogens is 8. The van der Waals surface area contributed by atoms with Gasteiger partial charge in [-0.15, -0.1) is 0 Å². The van der Waals surface area contributed by atoms with Crippen molar-refractivity contribution in [2.45, 2.75) is 91.9 Å². The number of ether oxygens (including phenoxy) is 1. The van der Waals surface area contributed by atoms with E-state index < -0.39 is 0 Å². The standard InChI is InChI=1S/C15H18N2.C13H16N2O.C13H16N2.C10H8ClFN2/c1-2-11-4-3-5-14(12-6-7-12)15(11)8-13-9-16-10-17-13;1-9-10(2)13(16-3)5-4-11(9)6-12-7-14-8-15-12;1-3-11-6-4-5-10(2)13(11)7-12-8-14-9-15-12;11-9-2-1-3-10(12)8(9)4-7-5-13-6-14-7/h3-5,9-10,12H,2,6-8H2,1H3,(H,16,17);4-5,7-8H,6H2,1-3H3,(H,14,15);4-6,8-9H,3,7H2,1-2H3,(H,14,15);1-3,5-6H,4H2,(H,13,14). The topological polar surface area (TPSA) is 124 Å². The Hall–Kier alpha value is -6.26. The molecule has 0 saturated heterocycles. The average molecular weight is 854 g/mol. The van der Waals surface area contributed by atoms with E-state index in [1.807, 2.05) is 24.7 Å². The van der Waals surface area contributed by atoms with Gasteiger partial charge in [0.15, 0.2) is 0 Å². The molecule has 1 aliphatic carbocycles. The molecule has 0 spiro atoms. The maximum atomic E-state index is 13.3. The van der Waals surface area contributed by atoms with Crippen molar-refractivity contribution >= 4 is 11.6 Å². The first-order valence-electron chi connectivity index (χ1n) is 21.3. The van der Waals surface area contributed by atoms with Crippen molar-refractivity contribution in [1.29, 1.82) is 0 Å². The van der Waals surface area contributed by atoms with Gasteiger partial charge in [0, 0.05) is 83.8 Å². The van der Waals surface area contributed by atoms with Crippen LogP contribution >= 0.6 is 11.6 Å². The fourth-order valence-corrected chi connectivity index (χ4v) is 7.82. The Morgan fingerprint density at radius 1 is 0.581 bits per heavy atom. The van der Waals surface area contributed by atoms with E-state index in [4.69, 9.17) is 16.3 Å². The number of nitrogens with zero attached hydrogens (tertiary/aromatic N) is 4. The van der Waals surface area contributed by atoms with E-state index in [0.29, 0.717) is 17.0 Å². The Kier molecular flexibility index (Phi) is 16.5. The number of imidazole rings is 4. The fraction of sp³-hybridized carbons (Fsp3) is 0.294. The lowest BCUT2D eigenvalue weighted by molar-refractivity contribution is 0.411. The maximum Gasteiger partial charge on any atom is 0.128 e. The summed E-state index contributed by atoms with van der Waals surface area (Å²) in [6.45, 7) is 10.8.